The van der Waals surface area contributed by atoms with E-state index in [-0.39, 0.29) is 5.91 Å². The van der Waals surface area contributed by atoms with Crippen molar-refractivity contribution in [1.82, 2.24) is 19.9 Å². The first-order chi connectivity index (χ1) is 13.2. The van der Waals surface area contributed by atoms with Crippen molar-refractivity contribution in [2.75, 3.05) is 25.5 Å². The number of carbonyl (C=O) groups is 1. The Labute approximate surface area is 158 Å². The van der Waals surface area contributed by atoms with Gasteiger partial charge in [0.25, 0.3) is 5.91 Å². The predicted molar refractivity (Wildman–Crippen MR) is 106 cm³/mol. The fourth-order valence-electron chi connectivity index (χ4n) is 3.23. The molecule has 3 rings (SSSR count). The van der Waals surface area contributed by atoms with E-state index in [1.165, 1.54) is 0 Å². The van der Waals surface area contributed by atoms with Crippen molar-refractivity contribution in [1.29, 1.82) is 0 Å². The summed E-state index contributed by atoms with van der Waals surface area (Å²) in [6.45, 7) is 6.05. The monoisotopic (exact) mass is 367 g/mol. The van der Waals surface area contributed by atoms with Gasteiger partial charge in [-0.3, -0.25) is 9.78 Å². The molecule has 7 nitrogen and oxygen atoms in total. The molecule has 0 aliphatic heterocycles. The van der Waals surface area contributed by atoms with Gasteiger partial charge in [0, 0.05) is 48.6 Å². The third kappa shape index (κ3) is 4.02. The smallest absolute Gasteiger partial charge is 0.253 e. The number of nitrogens with one attached hydrogen (secondary N) is 2. The van der Waals surface area contributed by atoms with Crippen molar-refractivity contribution in [2.45, 2.75) is 26.8 Å². The molecule has 2 heterocycles. The molecule has 0 bridgehead atoms. The van der Waals surface area contributed by atoms with Gasteiger partial charge in [0.05, 0.1) is 18.9 Å². The number of anilines is 1. The maximum absolute atomic E-state index is 12.9. The van der Waals surface area contributed by atoms with Crippen LogP contribution in [0, 0.1) is 6.92 Å². The van der Waals surface area contributed by atoms with Crippen molar-refractivity contribution < 1.29 is 9.53 Å². The minimum atomic E-state index is -0.0819. The Bertz CT molecular complexity index is 921. The Balaban J connectivity index is 1.77. The van der Waals surface area contributed by atoms with E-state index in [2.05, 4.69) is 32.1 Å². The van der Waals surface area contributed by atoms with Crippen LogP contribution in [-0.2, 0) is 6.54 Å². The molecule has 0 fully saturated rings. The molecule has 1 aromatic carbocycles. The first-order valence-electron chi connectivity index (χ1n) is 9.10. The van der Waals surface area contributed by atoms with Crippen molar-refractivity contribution in [3.63, 3.8) is 0 Å². The fourth-order valence-corrected chi connectivity index (χ4v) is 3.23. The van der Waals surface area contributed by atoms with Crippen molar-refractivity contribution in [2.24, 2.45) is 0 Å². The molecule has 2 aromatic heterocycles. The summed E-state index contributed by atoms with van der Waals surface area (Å²) in [6.07, 6.45) is 5.90. The van der Waals surface area contributed by atoms with Crippen molar-refractivity contribution in [3.8, 4) is 5.75 Å². The number of fused-ring (bicyclic) bond motifs is 1. The zero-order chi connectivity index (χ0) is 19.2. The molecule has 0 radical (unpaired) electrons. The minimum absolute atomic E-state index is 0.0819. The molecule has 7 heteroatoms. The minimum Gasteiger partial charge on any atom is -0.497 e. The predicted octanol–water partition coefficient (Wildman–Crippen LogP) is 3.00. The van der Waals surface area contributed by atoms with E-state index in [1.54, 1.807) is 25.7 Å². The highest BCUT2D eigenvalue weighted by atomic mass is 16.5. The summed E-state index contributed by atoms with van der Waals surface area (Å²) >= 11 is 0. The first-order valence-corrected chi connectivity index (χ1v) is 9.10. The van der Waals surface area contributed by atoms with Crippen LogP contribution in [0.3, 0.4) is 0 Å². The van der Waals surface area contributed by atoms with Crippen LogP contribution in [0.15, 0.2) is 36.8 Å². The summed E-state index contributed by atoms with van der Waals surface area (Å²) in [5.41, 5.74) is 2.73. The zero-order valence-electron chi connectivity index (χ0n) is 16.0. The highest BCUT2D eigenvalue weighted by molar-refractivity contribution is 6.08. The number of ether oxygens (including phenoxy) is 1. The number of methoxy groups -OCH3 is 1. The lowest BCUT2D eigenvalue weighted by Gasteiger charge is -2.08. The zero-order valence-corrected chi connectivity index (χ0v) is 16.0. The molecule has 0 unspecified atom stereocenters. The molecule has 0 saturated carbocycles. The number of hydrogen-bond acceptors (Lipinski definition) is 5. The third-order valence-corrected chi connectivity index (χ3v) is 4.48. The second kappa shape index (κ2) is 8.53. The molecule has 0 saturated heterocycles. The first kappa shape index (κ1) is 18.7. The maximum Gasteiger partial charge on any atom is 0.253 e. The van der Waals surface area contributed by atoms with Crippen LogP contribution >= 0.6 is 0 Å². The lowest BCUT2D eigenvalue weighted by Crippen LogP contribution is -2.29. The Morgan fingerprint density at radius 1 is 1.26 bits per heavy atom. The van der Waals surface area contributed by atoms with Crippen LogP contribution in [-0.4, -0.2) is 40.6 Å². The second-order valence-electron chi connectivity index (χ2n) is 6.27. The van der Waals surface area contributed by atoms with E-state index in [0.717, 1.165) is 35.3 Å². The normalized spacial score (nSPS) is 10.8. The fraction of sp³-hybridized carbons (Fsp3) is 0.350. The third-order valence-electron chi connectivity index (χ3n) is 4.48. The molecule has 27 heavy (non-hydrogen) atoms. The summed E-state index contributed by atoms with van der Waals surface area (Å²) in [5, 5.41) is 7.04. The molecule has 3 aromatic rings. The van der Waals surface area contributed by atoms with Crippen LogP contribution in [0.25, 0.3) is 10.9 Å². The van der Waals surface area contributed by atoms with E-state index in [4.69, 9.17) is 4.74 Å². The average molecular weight is 367 g/mol. The van der Waals surface area contributed by atoms with E-state index >= 15 is 0 Å². The summed E-state index contributed by atoms with van der Waals surface area (Å²) in [5.74, 6) is 1.35. The molecule has 142 valence electrons. The van der Waals surface area contributed by atoms with Crippen LogP contribution in [0.1, 0.15) is 29.4 Å². The SMILES string of the molecule is CCCn1c(C)c(C(=O)NCCNc2cnccn2)c2cc(OC)ccc21. The number of carbonyl (C=O) groups excluding carboxylic acids is 1. The summed E-state index contributed by atoms with van der Waals surface area (Å²) < 4.78 is 7.55. The van der Waals surface area contributed by atoms with Gasteiger partial charge < -0.3 is 19.9 Å². The Hall–Kier alpha value is -3.09. The van der Waals surface area contributed by atoms with Crippen LogP contribution in [0.5, 0.6) is 5.75 Å². The number of amides is 1. The second-order valence-corrected chi connectivity index (χ2v) is 6.27. The summed E-state index contributed by atoms with van der Waals surface area (Å²) in [4.78, 5) is 21.0. The van der Waals surface area contributed by atoms with Crippen LogP contribution < -0.4 is 15.4 Å². The topological polar surface area (TPSA) is 81.1 Å². The quantitative estimate of drug-likeness (QED) is 0.598. The molecule has 0 aliphatic carbocycles. The van der Waals surface area contributed by atoms with Gasteiger partial charge >= 0.3 is 0 Å². The van der Waals surface area contributed by atoms with Crippen LogP contribution in [0.2, 0.25) is 0 Å². The largest absolute Gasteiger partial charge is 0.497 e. The maximum atomic E-state index is 12.9. The van der Waals surface area contributed by atoms with E-state index in [0.29, 0.717) is 24.5 Å². The van der Waals surface area contributed by atoms with Gasteiger partial charge in [-0.1, -0.05) is 6.92 Å². The van der Waals surface area contributed by atoms with Gasteiger partial charge in [0.15, 0.2) is 0 Å². The summed E-state index contributed by atoms with van der Waals surface area (Å²) in [6, 6.07) is 5.88. The van der Waals surface area contributed by atoms with Gasteiger partial charge in [-0.05, 0) is 31.5 Å². The Kier molecular flexibility index (Phi) is 5.90. The standard InChI is InChI=1S/C20H25N5O2/c1-4-11-25-14(2)19(16-12-15(27-3)5-6-17(16)25)20(26)24-10-9-23-18-13-21-7-8-22-18/h5-8,12-13H,4,9-11H2,1-3H3,(H,22,23)(H,24,26). The van der Waals surface area contributed by atoms with E-state index < -0.39 is 0 Å². The number of hydrogen-bond donors (Lipinski definition) is 2. The highest BCUT2D eigenvalue weighted by Crippen LogP contribution is 2.29. The number of benzene rings is 1. The molecular weight excluding hydrogens is 342 g/mol. The molecule has 0 aliphatic rings. The average Bonchev–Trinajstić information content (AvgIpc) is 2.97. The van der Waals surface area contributed by atoms with Gasteiger partial charge in [0.2, 0.25) is 0 Å². The molecule has 0 spiro atoms. The van der Waals surface area contributed by atoms with Gasteiger partial charge in [-0.2, -0.15) is 0 Å². The lowest BCUT2D eigenvalue weighted by molar-refractivity contribution is 0.0956. The lowest BCUT2D eigenvalue weighted by atomic mass is 10.1. The number of rotatable bonds is 8. The van der Waals surface area contributed by atoms with Gasteiger partial charge in [0.1, 0.15) is 11.6 Å². The van der Waals surface area contributed by atoms with Crippen LogP contribution in [0.4, 0.5) is 5.82 Å². The van der Waals surface area contributed by atoms with Crippen molar-refractivity contribution in [3.05, 3.63) is 48.0 Å². The molecule has 0 atom stereocenters. The molecule has 1 amide bonds. The van der Waals surface area contributed by atoms with Crippen molar-refractivity contribution >= 4 is 22.6 Å². The highest BCUT2D eigenvalue weighted by Gasteiger charge is 2.20. The number of aromatic nitrogens is 3. The number of nitrogens with zero attached hydrogens (tertiary/aromatic N) is 3. The Morgan fingerprint density at radius 3 is 2.81 bits per heavy atom. The van der Waals surface area contributed by atoms with E-state index in [1.807, 2.05) is 25.1 Å². The molecular formula is C20H25N5O2. The molecule has 2 N–H and O–H groups in total. The van der Waals surface area contributed by atoms with E-state index in [9.17, 15) is 4.79 Å². The Morgan fingerprint density at radius 2 is 2.11 bits per heavy atom. The summed E-state index contributed by atoms with van der Waals surface area (Å²) in [7, 11) is 1.63. The van der Waals surface area contributed by atoms with Gasteiger partial charge in [-0.15, -0.1) is 0 Å². The van der Waals surface area contributed by atoms with Gasteiger partial charge in [-0.25, -0.2) is 4.98 Å². The number of aryl methyl sites for hydroxylation is 1.